The molecule has 4 nitrogen and oxygen atoms in total. The number of carboxylic acids is 2. The van der Waals surface area contributed by atoms with Gasteiger partial charge in [0.1, 0.15) is 0 Å². The molecule has 0 aliphatic carbocycles. The molecule has 5 heteroatoms. The first kappa shape index (κ1) is 25.7. The third-order valence-electron chi connectivity index (χ3n) is 4.50. The second kappa shape index (κ2) is 13.8. The Kier molecular flexibility index (Phi) is 15.4. The molecule has 1 unspecified atom stereocenters. The molecule has 0 aromatic rings. The van der Waals surface area contributed by atoms with Gasteiger partial charge in [-0.3, -0.25) is 9.59 Å². The van der Waals surface area contributed by atoms with Crippen molar-refractivity contribution in [2.45, 2.75) is 85.5 Å². The van der Waals surface area contributed by atoms with Gasteiger partial charge in [-0.2, -0.15) is 0 Å². The summed E-state index contributed by atoms with van der Waals surface area (Å²) in [6.07, 6.45) is 9.67. The summed E-state index contributed by atoms with van der Waals surface area (Å²) in [7, 11) is 0. The summed E-state index contributed by atoms with van der Waals surface area (Å²) >= 11 is 0. The van der Waals surface area contributed by atoms with Gasteiger partial charge in [0.25, 0.3) is 0 Å². The Bertz CT molecular complexity index is 322. The average Bonchev–Trinajstić information content (AvgIpc) is 2.38. The standard InChI is InChI=1S/C18H34O4.Ba.2H/c1-5-6-7-8-9-10-11-12-14(18(2,3)4)13-15(16(19)20)17(21)22;;;/h14-15H,5-13H2,1-4H3,(H,19,20)(H,21,22);;;. The van der Waals surface area contributed by atoms with Gasteiger partial charge in [-0.25, -0.2) is 0 Å². The van der Waals surface area contributed by atoms with Gasteiger partial charge in [0.05, 0.1) is 0 Å². The second-order valence-corrected chi connectivity index (χ2v) is 7.44. The minimum absolute atomic E-state index is 0. The maximum absolute atomic E-state index is 11.1. The van der Waals surface area contributed by atoms with E-state index in [1.165, 1.54) is 32.1 Å². The fourth-order valence-corrected chi connectivity index (χ4v) is 2.84. The van der Waals surface area contributed by atoms with E-state index in [2.05, 4.69) is 27.7 Å². The summed E-state index contributed by atoms with van der Waals surface area (Å²) in [5.74, 6) is -3.60. The van der Waals surface area contributed by atoms with Crippen molar-refractivity contribution in [1.29, 1.82) is 0 Å². The van der Waals surface area contributed by atoms with Crippen molar-refractivity contribution in [1.82, 2.24) is 0 Å². The Labute approximate surface area is 181 Å². The van der Waals surface area contributed by atoms with Crippen LogP contribution < -0.4 is 0 Å². The number of carbonyl (C=O) groups is 2. The van der Waals surface area contributed by atoms with Crippen LogP contribution in [0.2, 0.25) is 0 Å². The van der Waals surface area contributed by atoms with E-state index in [1.807, 2.05) is 0 Å². The predicted octanol–water partition coefficient (Wildman–Crippen LogP) is 4.05. The number of rotatable bonds is 12. The number of carboxylic acid groups (broad SMARTS) is 2. The third kappa shape index (κ3) is 12.5. The van der Waals surface area contributed by atoms with E-state index in [9.17, 15) is 9.59 Å². The van der Waals surface area contributed by atoms with E-state index in [0.717, 1.165) is 19.3 Å². The molecule has 0 aromatic heterocycles. The van der Waals surface area contributed by atoms with Crippen molar-refractivity contribution in [3.63, 3.8) is 0 Å². The van der Waals surface area contributed by atoms with Gasteiger partial charge in [0.2, 0.25) is 0 Å². The van der Waals surface area contributed by atoms with E-state index in [1.54, 1.807) is 0 Å². The first-order chi connectivity index (χ1) is 10.2. The molecule has 0 saturated carbocycles. The van der Waals surface area contributed by atoms with Crippen LogP contribution in [0.1, 0.15) is 85.5 Å². The van der Waals surface area contributed by atoms with Gasteiger partial charge < -0.3 is 10.2 Å². The number of hydrogen-bond acceptors (Lipinski definition) is 2. The molecule has 23 heavy (non-hydrogen) atoms. The van der Waals surface area contributed by atoms with Crippen LogP contribution in [0, 0.1) is 17.3 Å². The summed E-state index contributed by atoms with van der Waals surface area (Å²) in [6, 6.07) is 0. The molecular weight excluding hydrogens is 418 g/mol. The molecule has 0 heterocycles. The van der Waals surface area contributed by atoms with Gasteiger partial charge >= 0.3 is 60.8 Å². The Morgan fingerprint density at radius 3 is 1.70 bits per heavy atom. The van der Waals surface area contributed by atoms with Crippen molar-refractivity contribution in [3.8, 4) is 0 Å². The van der Waals surface area contributed by atoms with Crippen molar-refractivity contribution < 1.29 is 19.8 Å². The van der Waals surface area contributed by atoms with Crippen LogP contribution in [0.5, 0.6) is 0 Å². The third-order valence-corrected chi connectivity index (χ3v) is 4.50. The first-order valence-corrected chi connectivity index (χ1v) is 8.65. The fraction of sp³-hybridized carbons (Fsp3) is 0.889. The molecule has 0 aromatic carbocycles. The summed E-state index contributed by atoms with van der Waals surface area (Å²) in [4.78, 5) is 22.2. The van der Waals surface area contributed by atoms with E-state index in [0.29, 0.717) is 0 Å². The number of hydrogen-bond donors (Lipinski definition) is 2. The number of unbranched alkanes of at least 4 members (excludes halogenated alkanes) is 6. The van der Waals surface area contributed by atoms with Crippen LogP contribution in [0.15, 0.2) is 0 Å². The normalized spacial score (nSPS) is 12.7. The van der Waals surface area contributed by atoms with Gasteiger partial charge in [0.15, 0.2) is 5.92 Å². The predicted molar refractivity (Wildman–Crippen MR) is 97.5 cm³/mol. The van der Waals surface area contributed by atoms with Crippen molar-refractivity contribution >= 4 is 60.8 Å². The average molecular weight is 454 g/mol. The van der Waals surface area contributed by atoms with Gasteiger partial charge in [-0.15, -0.1) is 0 Å². The van der Waals surface area contributed by atoms with Crippen molar-refractivity contribution in [3.05, 3.63) is 0 Å². The molecule has 134 valence electrons. The van der Waals surface area contributed by atoms with Crippen molar-refractivity contribution in [2.24, 2.45) is 17.3 Å². The summed E-state index contributed by atoms with van der Waals surface area (Å²) in [6.45, 7) is 8.41. The molecule has 0 aliphatic heterocycles. The molecule has 0 spiro atoms. The maximum atomic E-state index is 11.1. The Hall–Kier alpha value is 0.511. The zero-order valence-electron chi connectivity index (χ0n) is 14.7. The monoisotopic (exact) mass is 454 g/mol. The summed E-state index contributed by atoms with van der Waals surface area (Å²) in [5, 5.41) is 18.1. The molecule has 0 radical (unpaired) electrons. The topological polar surface area (TPSA) is 74.6 Å². The van der Waals surface area contributed by atoms with Gasteiger partial charge in [-0.05, 0) is 24.2 Å². The van der Waals surface area contributed by atoms with Crippen LogP contribution >= 0.6 is 0 Å². The quantitative estimate of drug-likeness (QED) is 0.266. The molecule has 1 atom stereocenters. The summed E-state index contributed by atoms with van der Waals surface area (Å²) < 4.78 is 0. The van der Waals surface area contributed by atoms with Gasteiger partial charge in [-0.1, -0.05) is 72.6 Å². The molecule has 0 aliphatic rings. The first-order valence-electron chi connectivity index (χ1n) is 8.65. The van der Waals surface area contributed by atoms with Crippen LogP contribution in [-0.2, 0) is 9.59 Å². The van der Waals surface area contributed by atoms with E-state index in [4.69, 9.17) is 10.2 Å². The van der Waals surface area contributed by atoms with E-state index in [-0.39, 0.29) is 66.6 Å². The van der Waals surface area contributed by atoms with E-state index >= 15 is 0 Å². The molecule has 0 rings (SSSR count). The molecule has 0 amide bonds. The van der Waals surface area contributed by atoms with Crippen molar-refractivity contribution in [2.75, 3.05) is 0 Å². The Morgan fingerprint density at radius 1 is 0.870 bits per heavy atom. The van der Waals surface area contributed by atoms with Crippen LogP contribution in [0.3, 0.4) is 0 Å². The molecule has 2 N–H and O–H groups in total. The Balaban J connectivity index is 0. The van der Waals surface area contributed by atoms with Gasteiger partial charge in [0, 0.05) is 0 Å². The SMILES string of the molecule is CCCCCCCCCC(CC(C(=O)O)C(=O)O)C(C)(C)C.[BaH2]. The van der Waals surface area contributed by atoms with Crippen LogP contribution in [0.4, 0.5) is 0 Å². The van der Waals surface area contributed by atoms with Crippen LogP contribution in [0.25, 0.3) is 0 Å². The fourth-order valence-electron chi connectivity index (χ4n) is 2.84. The minimum atomic E-state index is -1.28. The van der Waals surface area contributed by atoms with Crippen LogP contribution in [-0.4, -0.2) is 71.0 Å². The molecule has 0 fully saturated rings. The molecule has 0 bridgehead atoms. The molecular formula is C18H36BaO4. The number of aliphatic carboxylic acids is 2. The summed E-state index contributed by atoms with van der Waals surface area (Å²) in [5.41, 5.74) is -0.0641. The zero-order chi connectivity index (χ0) is 17.2. The zero-order valence-corrected chi connectivity index (χ0v) is 14.7. The molecule has 0 saturated heterocycles. The second-order valence-electron chi connectivity index (χ2n) is 7.44. The van der Waals surface area contributed by atoms with E-state index < -0.39 is 17.9 Å². The Morgan fingerprint density at radius 2 is 1.30 bits per heavy atom.